The molecule has 2 saturated heterocycles. The third-order valence-corrected chi connectivity index (χ3v) is 3.40. The summed E-state index contributed by atoms with van der Waals surface area (Å²) < 4.78 is 0. The van der Waals surface area contributed by atoms with Crippen molar-refractivity contribution in [3.63, 3.8) is 0 Å². The van der Waals surface area contributed by atoms with Crippen LogP contribution in [-0.2, 0) is 0 Å². The third-order valence-electron chi connectivity index (χ3n) is 3.40. The zero-order valence-corrected chi connectivity index (χ0v) is 7.51. The summed E-state index contributed by atoms with van der Waals surface area (Å²) in [5.74, 6) is 0. The molecule has 1 aliphatic carbocycles. The number of hydrogen-bond donors (Lipinski definition) is 0. The predicted molar refractivity (Wildman–Crippen MR) is 47.6 cm³/mol. The summed E-state index contributed by atoms with van der Waals surface area (Å²) in [4.78, 5) is 2.55. The van der Waals surface area contributed by atoms with Gasteiger partial charge in [-0.2, -0.15) is 0 Å². The van der Waals surface area contributed by atoms with Crippen molar-refractivity contribution in [3.8, 4) is 0 Å². The summed E-state index contributed by atoms with van der Waals surface area (Å²) in [6.45, 7) is 2.18. The average Bonchev–Trinajstić information content (AvgIpc) is 2.32. The highest BCUT2D eigenvalue weighted by molar-refractivity contribution is 5.11. The molecule has 2 bridgehead atoms. The van der Waals surface area contributed by atoms with Gasteiger partial charge >= 0.3 is 0 Å². The van der Waals surface area contributed by atoms with Gasteiger partial charge in [-0.3, -0.25) is 0 Å². The maximum Gasteiger partial charge on any atom is 0.0147 e. The van der Waals surface area contributed by atoms with Gasteiger partial charge in [0.2, 0.25) is 0 Å². The molecule has 3 aliphatic rings. The van der Waals surface area contributed by atoms with Crippen LogP contribution in [0.3, 0.4) is 0 Å². The molecule has 0 aromatic carbocycles. The zero-order chi connectivity index (χ0) is 7.84. The summed E-state index contributed by atoms with van der Waals surface area (Å²) in [7, 11) is 2.28. The van der Waals surface area contributed by atoms with Crippen molar-refractivity contribution >= 4 is 0 Å². The standard InChI is InChI=1S/C10H17N/c1-3-8-4-5-9-7-10(6-8)11(9)2/h3,9-10H,4-7H2,1-2H3/b8-3+. The van der Waals surface area contributed by atoms with Gasteiger partial charge in [0, 0.05) is 12.1 Å². The second kappa shape index (κ2) is 2.63. The minimum absolute atomic E-state index is 0.883. The van der Waals surface area contributed by atoms with E-state index in [-0.39, 0.29) is 0 Å². The molecule has 3 fully saturated rings. The molecule has 0 amide bonds. The molecular formula is C10H17N. The van der Waals surface area contributed by atoms with Crippen molar-refractivity contribution in [1.82, 2.24) is 4.90 Å². The molecule has 0 radical (unpaired) electrons. The van der Waals surface area contributed by atoms with Crippen LogP contribution in [0.15, 0.2) is 11.6 Å². The molecule has 2 heterocycles. The molecule has 2 unspecified atom stereocenters. The van der Waals surface area contributed by atoms with Crippen molar-refractivity contribution in [3.05, 3.63) is 11.6 Å². The molecule has 3 rings (SSSR count). The van der Waals surface area contributed by atoms with E-state index in [0.717, 1.165) is 12.1 Å². The van der Waals surface area contributed by atoms with Crippen LogP contribution < -0.4 is 0 Å². The monoisotopic (exact) mass is 151 g/mol. The molecule has 62 valence electrons. The first-order valence-corrected chi connectivity index (χ1v) is 4.67. The summed E-state index contributed by atoms with van der Waals surface area (Å²) in [5, 5.41) is 0. The van der Waals surface area contributed by atoms with Crippen molar-refractivity contribution in [2.24, 2.45) is 0 Å². The Labute approximate surface area is 69.1 Å². The quantitative estimate of drug-likeness (QED) is 0.480. The topological polar surface area (TPSA) is 3.24 Å². The van der Waals surface area contributed by atoms with Gasteiger partial charge in [-0.15, -0.1) is 0 Å². The molecular weight excluding hydrogens is 134 g/mol. The van der Waals surface area contributed by atoms with Crippen molar-refractivity contribution in [2.75, 3.05) is 7.05 Å². The fraction of sp³-hybridized carbons (Fsp3) is 0.800. The van der Waals surface area contributed by atoms with Gasteiger partial charge in [-0.1, -0.05) is 11.6 Å². The second-order valence-corrected chi connectivity index (χ2v) is 3.90. The van der Waals surface area contributed by atoms with E-state index in [1.54, 1.807) is 5.57 Å². The molecule has 11 heavy (non-hydrogen) atoms. The van der Waals surface area contributed by atoms with E-state index in [1.807, 2.05) is 0 Å². The van der Waals surface area contributed by atoms with Gasteiger partial charge < -0.3 is 4.90 Å². The Bertz CT molecular complexity index is 183. The molecule has 1 nitrogen and oxygen atoms in total. The number of allylic oxidation sites excluding steroid dienone is 1. The van der Waals surface area contributed by atoms with Crippen LogP contribution in [0.1, 0.15) is 32.6 Å². The van der Waals surface area contributed by atoms with Gasteiger partial charge in [-0.05, 0) is 39.7 Å². The fourth-order valence-corrected chi connectivity index (χ4v) is 2.37. The summed E-state index contributed by atoms with van der Waals surface area (Å²) >= 11 is 0. The van der Waals surface area contributed by atoms with Crippen molar-refractivity contribution in [2.45, 2.75) is 44.7 Å². The lowest BCUT2D eigenvalue weighted by Gasteiger charge is -2.44. The Morgan fingerprint density at radius 1 is 1.45 bits per heavy atom. The van der Waals surface area contributed by atoms with E-state index in [2.05, 4.69) is 24.9 Å². The van der Waals surface area contributed by atoms with Crippen LogP contribution in [0.5, 0.6) is 0 Å². The second-order valence-electron chi connectivity index (χ2n) is 3.90. The largest absolute Gasteiger partial charge is 0.300 e. The first kappa shape index (κ1) is 7.35. The highest BCUT2D eigenvalue weighted by Crippen LogP contribution is 2.37. The molecule has 1 heteroatoms. The van der Waals surface area contributed by atoms with Crippen LogP contribution in [0.25, 0.3) is 0 Å². The first-order valence-electron chi connectivity index (χ1n) is 4.67. The summed E-state index contributed by atoms with van der Waals surface area (Å²) in [5.41, 5.74) is 1.68. The summed E-state index contributed by atoms with van der Waals surface area (Å²) in [6.07, 6.45) is 7.85. The normalized spacial score (nSPS) is 41.8. The Hall–Kier alpha value is -0.300. The van der Waals surface area contributed by atoms with Crippen LogP contribution in [-0.4, -0.2) is 24.0 Å². The lowest BCUT2D eigenvalue weighted by Crippen LogP contribution is -2.51. The Balaban J connectivity index is 2.07. The van der Waals surface area contributed by atoms with Gasteiger partial charge in [-0.25, -0.2) is 0 Å². The minimum Gasteiger partial charge on any atom is -0.300 e. The van der Waals surface area contributed by atoms with Gasteiger partial charge in [0.05, 0.1) is 0 Å². The Morgan fingerprint density at radius 2 is 2.27 bits per heavy atom. The maximum atomic E-state index is 2.55. The number of nitrogens with zero attached hydrogens (tertiary/aromatic N) is 1. The van der Waals surface area contributed by atoms with Crippen LogP contribution in [0, 0.1) is 0 Å². The van der Waals surface area contributed by atoms with Crippen LogP contribution >= 0.6 is 0 Å². The molecule has 0 N–H and O–H groups in total. The van der Waals surface area contributed by atoms with Crippen molar-refractivity contribution < 1.29 is 0 Å². The average molecular weight is 151 g/mol. The fourth-order valence-electron chi connectivity index (χ4n) is 2.37. The van der Waals surface area contributed by atoms with E-state index in [9.17, 15) is 0 Å². The highest BCUT2D eigenvalue weighted by atomic mass is 15.2. The molecule has 0 aromatic rings. The highest BCUT2D eigenvalue weighted by Gasteiger charge is 2.37. The lowest BCUT2D eigenvalue weighted by molar-refractivity contribution is 0.0509. The molecule has 1 saturated carbocycles. The number of fused-ring (bicyclic) bond motifs is 3. The first-order chi connectivity index (χ1) is 5.31. The third kappa shape index (κ3) is 1.12. The van der Waals surface area contributed by atoms with E-state index in [0.29, 0.717) is 0 Å². The maximum absolute atomic E-state index is 2.55. The molecule has 0 aromatic heterocycles. The van der Waals surface area contributed by atoms with Gasteiger partial charge in [0.1, 0.15) is 0 Å². The van der Waals surface area contributed by atoms with Crippen LogP contribution in [0.2, 0.25) is 0 Å². The molecule has 2 aliphatic heterocycles. The SMILES string of the molecule is C/C=C1\CCC2CC(C1)N2C. The Morgan fingerprint density at radius 3 is 2.91 bits per heavy atom. The number of hydrogen-bond acceptors (Lipinski definition) is 1. The van der Waals surface area contributed by atoms with E-state index >= 15 is 0 Å². The minimum atomic E-state index is 0.883. The van der Waals surface area contributed by atoms with E-state index in [1.165, 1.54) is 25.7 Å². The van der Waals surface area contributed by atoms with E-state index < -0.39 is 0 Å². The predicted octanol–water partition coefficient (Wildman–Crippen LogP) is 2.19. The number of rotatable bonds is 0. The summed E-state index contributed by atoms with van der Waals surface area (Å²) in [6, 6.07) is 1.80. The smallest absolute Gasteiger partial charge is 0.0147 e. The van der Waals surface area contributed by atoms with E-state index in [4.69, 9.17) is 0 Å². The van der Waals surface area contributed by atoms with Gasteiger partial charge in [0.25, 0.3) is 0 Å². The molecule has 0 spiro atoms. The zero-order valence-electron chi connectivity index (χ0n) is 7.51. The van der Waals surface area contributed by atoms with Gasteiger partial charge in [0.15, 0.2) is 0 Å². The molecule has 2 atom stereocenters. The van der Waals surface area contributed by atoms with Crippen molar-refractivity contribution in [1.29, 1.82) is 0 Å². The Kier molecular flexibility index (Phi) is 1.76. The lowest BCUT2D eigenvalue weighted by atomic mass is 9.92. The van der Waals surface area contributed by atoms with Crippen LogP contribution in [0.4, 0.5) is 0 Å².